The molecule has 3 N–H and O–H groups in total. The van der Waals surface area contributed by atoms with Crippen LogP contribution < -0.4 is 11.1 Å². The molecule has 0 aromatic heterocycles. The van der Waals surface area contributed by atoms with Crippen LogP contribution in [-0.4, -0.2) is 5.91 Å². The second-order valence-electron chi connectivity index (χ2n) is 4.05. The van der Waals surface area contributed by atoms with Crippen LogP contribution in [-0.2, 0) is 0 Å². The number of nitrogens with one attached hydrogen (secondary N) is 1. The lowest BCUT2D eigenvalue weighted by Crippen LogP contribution is -2.14. The first-order chi connectivity index (χ1) is 8.56. The number of aryl methyl sites for hydroxylation is 1. The summed E-state index contributed by atoms with van der Waals surface area (Å²) >= 11 is 3.35. The first-order valence-electron chi connectivity index (χ1n) is 5.49. The molecule has 0 fully saturated rings. The standard InChI is InChI=1S/C14H13BrN2O/c1-9-2-7-13(16)12(8-9)14(18)17-11-5-3-10(15)4-6-11/h2-8H,16H2,1H3,(H,17,18). The van der Waals surface area contributed by atoms with E-state index in [9.17, 15) is 4.79 Å². The number of anilines is 2. The highest BCUT2D eigenvalue weighted by molar-refractivity contribution is 9.10. The molecule has 0 spiro atoms. The maximum atomic E-state index is 12.1. The van der Waals surface area contributed by atoms with Gasteiger partial charge in [-0.25, -0.2) is 0 Å². The minimum Gasteiger partial charge on any atom is -0.398 e. The molecular weight excluding hydrogens is 292 g/mol. The largest absolute Gasteiger partial charge is 0.398 e. The zero-order valence-corrected chi connectivity index (χ0v) is 11.5. The average molecular weight is 305 g/mol. The van der Waals surface area contributed by atoms with Crippen LogP contribution in [0.25, 0.3) is 0 Å². The molecule has 0 aliphatic rings. The van der Waals surface area contributed by atoms with Crippen molar-refractivity contribution in [1.82, 2.24) is 0 Å². The van der Waals surface area contributed by atoms with Crippen LogP contribution in [0, 0.1) is 6.92 Å². The minimum atomic E-state index is -0.196. The minimum absolute atomic E-state index is 0.196. The summed E-state index contributed by atoms with van der Waals surface area (Å²) < 4.78 is 0.968. The zero-order valence-electron chi connectivity index (χ0n) is 9.91. The Morgan fingerprint density at radius 1 is 1.17 bits per heavy atom. The van der Waals surface area contributed by atoms with Gasteiger partial charge in [-0.15, -0.1) is 0 Å². The lowest BCUT2D eigenvalue weighted by molar-refractivity contribution is 0.102. The molecule has 0 atom stereocenters. The molecule has 2 aromatic rings. The molecule has 0 saturated carbocycles. The van der Waals surface area contributed by atoms with E-state index in [1.54, 1.807) is 12.1 Å². The molecule has 0 radical (unpaired) electrons. The molecule has 0 aliphatic carbocycles. The fourth-order valence-corrected chi connectivity index (χ4v) is 1.86. The molecule has 2 aromatic carbocycles. The first kappa shape index (κ1) is 12.6. The van der Waals surface area contributed by atoms with Gasteiger partial charge < -0.3 is 11.1 Å². The van der Waals surface area contributed by atoms with Crippen LogP contribution in [0.4, 0.5) is 11.4 Å². The van der Waals surface area contributed by atoms with Gasteiger partial charge in [0, 0.05) is 15.8 Å². The van der Waals surface area contributed by atoms with Crippen molar-refractivity contribution in [1.29, 1.82) is 0 Å². The molecule has 4 heteroatoms. The fourth-order valence-electron chi connectivity index (χ4n) is 1.60. The number of amides is 1. The number of carbonyl (C=O) groups excluding carboxylic acids is 1. The fraction of sp³-hybridized carbons (Fsp3) is 0.0714. The van der Waals surface area contributed by atoms with E-state index in [2.05, 4.69) is 21.2 Å². The second kappa shape index (κ2) is 5.23. The Bertz CT molecular complexity index is 579. The molecule has 92 valence electrons. The number of halogens is 1. The molecule has 2 rings (SSSR count). The van der Waals surface area contributed by atoms with Crippen molar-refractivity contribution in [2.24, 2.45) is 0 Å². The van der Waals surface area contributed by atoms with E-state index in [1.165, 1.54) is 0 Å². The highest BCUT2D eigenvalue weighted by Crippen LogP contribution is 2.18. The molecule has 0 heterocycles. The Hall–Kier alpha value is -1.81. The molecule has 0 unspecified atom stereocenters. The Morgan fingerprint density at radius 3 is 2.50 bits per heavy atom. The number of rotatable bonds is 2. The van der Waals surface area contributed by atoms with Gasteiger partial charge in [-0.1, -0.05) is 27.6 Å². The van der Waals surface area contributed by atoms with Gasteiger partial charge in [0.2, 0.25) is 0 Å². The highest BCUT2D eigenvalue weighted by atomic mass is 79.9. The van der Waals surface area contributed by atoms with Crippen molar-refractivity contribution in [3.63, 3.8) is 0 Å². The number of nitrogens with two attached hydrogens (primary N) is 1. The van der Waals surface area contributed by atoms with E-state index < -0.39 is 0 Å². The number of carbonyl (C=O) groups is 1. The van der Waals surface area contributed by atoms with E-state index in [4.69, 9.17) is 5.73 Å². The average Bonchev–Trinajstić information content (AvgIpc) is 2.35. The van der Waals surface area contributed by atoms with Crippen LogP contribution in [0.3, 0.4) is 0 Å². The third kappa shape index (κ3) is 2.90. The van der Waals surface area contributed by atoms with E-state index in [1.807, 2.05) is 37.3 Å². The predicted molar refractivity (Wildman–Crippen MR) is 77.7 cm³/mol. The summed E-state index contributed by atoms with van der Waals surface area (Å²) in [5.74, 6) is -0.196. The van der Waals surface area contributed by atoms with Gasteiger partial charge in [0.15, 0.2) is 0 Å². The summed E-state index contributed by atoms with van der Waals surface area (Å²) in [6.45, 7) is 1.93. The van der Waals surface area contributed by atoms with Gasteiger partial charge in [0.05, 0.1) is 5.56 Å². The maximum absolute atomic E-state index is 12.1. The lowest BCUT2D eigenvalue weighted by Gasteiger charge is -2.08. The Labute approximate surface area is 114 Å². The van der Waals surface area contributed by atoms with Crippen LogP contribution in [0.2, 0.25) is 0 Å². The van der Waals surface area contributed by atoms with E-state index in [0.717, 1.165) is 15.7 Å². The summed E-state index contributed by atoms with van der Waals surface area (Å²) in [6, 6.07) is 12.8. The van der Waals surface area contributed by atoms with Gasteiger partial charge >= 0.3 is 0 Å². The topological polar surface area (TPSA) is 55.1 Å². The maximum Gasteiger partial charge on any atom is 0.257 e. The quantitative estimate of drug-likeness (QED) is 0.833. The van der Waals surface area contributed by atoms with Gasteiger partial charge in [-0.3, -0.25) is 4.79 Å². The van der Waals surface area contributed by atoms with Crippen LogP contribution in [0.15, 0.2) is 46.9 Å². The molecule has 1 amide bonds. The van der Waals surface area contributed by atoms with Crippen molar-refractivity contribution in [3.05, 3.63) is 58.1 Å². The van der Waals surface area contributed by atoms with Crippen molar-refractivity contribution >= 4 is 33.2 Å². The smallest absolute Gasteiger partial charge is 0.257 e. The number of hydrogen-bond acceptors (Lipinski definition) is 2. The molecule has 0 saturated heterocycles. The summed E-state index contributed by atoms with van der Waals surface area (Å²) in [5.41, 5.74) is 8.52. The summed E-state index contributed by atoms with van der Waals surface area (Å²) in [7, 11) is 0. The highest BCUT2D eigenvalue weighted by Gasteiger charge is 2.09. The third-order valence-corrected chi connectivity index (χ3v) is 3.08. The first-order valence-corrected chi connectivity index (χ1v) is 6.28. The number of hydrogen-bond donors (Lipinski definition) is 2. The van der Waals surface area contributed by atoms with Crippen molar-refractivity contribution in [2.75, 3.05) is 11.1 Å². The van der Waals surface area contributed by atoms with Crippen molar-refractivity contribution < 1.29 is 4.79 Å². The van der Waals surface area contributed by atoms with Gasteiger partial charge in [0.25, 0.3) is 5.91 Å². The number of benzene rings is 2. The van der Waals surface area contributed by atoms with Gasteiger partial charge in [-0.05, 0) is 43.3 Å². The molecule has 18 heavy (non-hydrogen) atoms. The van der Waals surface area contributed by atoms with Crippen molar-refractivity contribution in [2.45, 2.75) is 6.92 Å². The van der Waals surface area contributed by atoms with Crippen molar-refractivity contribution in [3.8, 4) is 0 Å². The Morgan fingerprint density at radius 2 is 1.83 bits per heavy atom. The normalized spacial score (nSPS) is 10.1. The molecule has 3 nitrogen and oxygen atoms in total. The third-order valence-electron chi connectivity index (χ3n) is 2.56. The lowest BCUT2D eigenvalue weighted by atomic mass is 10.1. The van der Waals surface area contributed by atoms with Crippen LogP contribution >= 0.6 is 15.9 Å². The zero-order chi connectivity index (χ0) is 13.1. The van der Waals surface area contributed by atoms with Gasteiger partial charge in [0.1, 0.15) is 0 Å². The van der Waals surface area contributed by atoms with E-state index in [0.29, 0.717) is 11.3 Å². The summed E-state index contributed by atoms with van der Waals surface area (Å²) in [4.78, 5) is 12.1. The van der Waals surface area contributed by atoms with Crippen LogP contribution in [0.5, 0.6) is 0 Å². The Balaban J connectivity index is 2.21. The van der Waals surface area contributed by atoms with Crippen LogP contribution in [0.1, 0.15) is 15.9 Å². The summed E-state index contributed by atoms with van der Waals surface area (Å²) in [5, 5.41) is 2.81. The number of nitrogen functional groups attached to an aromatic ring is 1. The predicted octanol–water partition coefficient (Wildman–Crippen LogP) is 3.59. The molecule has 0 bridgehead atoms. The SMILES string of the molecule is Cc1ccc(N)c(C(=O)Nc2ccc(Br)cc2)c1. The monoisotopic (exact) mass is 304 g/mol. The summed E-state index contributed by atoms with van der Waals surface area (Å²) in [6.07, 6.45) is 0. The van der Waals surface area contributed by atoms with Gasteiger partial charge in [-0.2, -0.15) is 0 Å². The second-order valence-corrected chi connectivity index (χ2v) is 4.97. The molecule has 0 aliphatic heterocycles. The van der Waals surface area contributed by atoms with E-state index in [-0.39, 0.29) is 5.91 Å². The van der Waals surface area contributed by atoms with E-state index >= 15 is 0 Å². The Kier molecular flexibility index (Phi) is 3.67. The molecular formula is C14H13BrN2O.